The number of hydrogen-bond acceptors (Lipinski definition) is 3. The number of piperidine rings is 1. The van der Waals surface area contributed by atoms with Crippen LogP contribution in [0.25, 0.3) is 0 Å². The fourth-order valence-electron chi connectivity index (χ4n) is 2.48. The number of nitrogens with two attached hydrogens (primary N) is 1. The smallest absolute Gasteiger partial charge is 0.220 e. The molecule has 0 aliphatic carbocycles. The third-order valence-electron chi connectivity index (χ3n) is 3.85. The molecule has 1 fully saturated rings. The number of hydrogen-bond donors (Lipinski definition) is 1. The van der Waals surface area contributed by atoms with Crippen molar-refractivity contribution in [1.82, 2.24) is 4.31 Å². The van der Waals surface area contributed by atoms with E-state index in [9.17, 15) is 13.2 Å². The highest BCUT2D eigenvalue weighted by atomic mass is 32.2. The number of primary amides is 1. The number of benzene rings is 1. The summed E-state index contributed by atoms with van der Waals surface area (Å²) in [6.45, 7) is 2.66. The number of carbonyl (C=O) groups is 1. The van der Waals surface area contributed by atoms with Crippen molar-refractivity contribution < 1.29 is 13.2 Å². The summed E-state index contributed by atoms with van der Waals surface area (Å²) in [6.07, 6.45) is 1.03. The molecule has 0 unspecified atom stereocenters. The molecule has 2 N–H and O–H groups in total. The average molecular weight is 296 g/mol. The van der Waals surface area contributed by atoms with Gasteiger partial charge in [0.2, 0.25) is 15.9 Å². The molecule has 1 saturated heterocycles. The van der Waals surface area contributed by atoms with Crippen LogP contribution < -0.4 is 5.73 Å². The first-order valence-corrected chi connectivity index (χ1v) is 8.33. The molecule has 5 nitrogen and oxygen atoms in total. The predicted octanol–water partition coefficient (Wildman–Crippen LogP) is 1.02. The predicted molar refractivity (Wildman–Crippen MR) is 77.3 cm³/mol. The molecule has 0 aromatic heterocycles. The highest BCUT2D eigenvalue weighted by Gasteiger charge is 2.30. The Morgan fingerprint density at radius 1 is 1.30 bits per heavy atom. The number of amides is 1. The van der Waals surface area contributed by atoms with Crippen LogP contribution in [-0.4, -0.2) is 31.7 Å². The van der Waals surface area contributed by atoms with Gasteiger partial charge in [-0.05, 0) is 30.9 Å². The summed E-state index contributed by atoms with van der Waals surface area (Å²) < 4.78 is 26.3. The lowest BCUT2D eigenvalue weighted by Crippen LogP contribution is -2.42. The molecule has 1 aliphatic rings. The molecule has 0 spiro atoms. The van der Waals surface area contributed by atoms with Crippen LogP contribution in [0.15, 0.2) is 24.3 Å². The first-order chi connectivity index (χ1) is 9.40. The Morgan fingerprint density at radius 2 is 1.90 bits per heavy atom. The summed E-state index contributed by atoms with van der Waals surface area (Å²) in [6, 6.07) is 7.48. The van der Waals surface area contributed by atoms with E-state index in [4.69, 9.17) is 5.73 Å². The summed E-state index contributed by atoms with van der Waals surface area (Å²) in [7, 11) is -3.33. The second-order valence-corrected chi connectivity index (χ2v) is 7.23. The van der Waals surface area contributed by atoms with Crippen LogP contribution in [0.4, 0.5) is 0 Å². The van der Waals surface area contributed by atoms with Gasteiger partial charge in [0.25, 0.3) is 0 Å². The van der Waals surface area contributed by atoms with Gasteiger partial charge < -0.3 is 5.73 Å². The lowest BCUT2D eigenvalue weighted by Gasteiger charge is -2.29. The Bertz CT molecular complexity index is 590. The quantitative estimate of drug-likeness (QED) is 0.901. The van der Waals surface area contributed by atoms with Crippen LogP contribution >= 0.6 is 0 Å². The Labute approximate surface area is 119 Å². The van der Waals surface area contributed by atoms with E-state index in [1.807, 2.05) is 31.2 Å². The van der Waals surface area contributed by atoms with Crippen molar-refractivity contribution in [3.63, 3.8) is 0 Å². The number of carbonyl (C=O) groups excluding carboxylic acids is 1. The van der Waals surface area contributed by atoms with Gasteiger partial charge >= 0.3 is 0 Å². The maximum Gasteiger partial charge on any atom is 0.220 e. The van der Waals surface area contributed by atoms with E-state index in [0.717, 1.165) is 11.1 Å². The molecule has 1 amide bonds. The fourth-order valence-corrected chi connectivity index (χ4v) is 4.14. The minimum Gasteiger partial charge on any atom is -0.369 e. The molecule has 6 heteroatoms. The maximum atomic E-state index is 12.4. The molecule has 0 radical (unpaired) electrons. The summed E-state index contributed by atoms with van der Waals surface area (Å²) in [5, 5.41) is 0. The molecule has 0 saturated carbocycles. The van der Waals surface area contributed by atoms with Crippen molar-refractivity contribution in [2.24, 2.45) is 11.7 Å². The van der Waals surface area contributed by atoms with Gasteiger partial charge in [-0.2, -0.15) is 0 Å². The zero-order chi connectivity index (χ0) is 14.8. The summed E-state index contributed by atoms with van der Waals surface area (Å²) >= 11 is 0. The molecular formula is C14H20N2O3S. The van der Waals surface area contributed by atoms with Crippen molar-refractivity contribution in [2.45, 2.75) is 25.5 Å². The van der Waals surface area contributed by atoms with Gasteiger partial charge in [0.05, 0.1) is 5.75 Å². The van der Waals surface area contributed by atoms with Gasteiger partial charge in [0.1, 0.15) is 0 Å². The normalized spacial score (nSPS) is 18.1. The standard InChI is InChI=1S/C14H20N2O3S/c1-11-4-2-3-5-13(11)10-20(18,19)16-8-6-12(7-9-16)14(15)17/h2-5,12H,6-10H2,1H3,(H2,15,17). The van der Waals surface area contributed by atoms with Crippen molar-refractivity contribution in [3.05, 3.63) is 35.4 Å². The van der Waals surface area contributed by atoms with Crippen molar-refractivity contribution >= 4 is 15.9 Å². The van der Waals surface area contributed by atoms with E-state index in [2.05, 4.69) is 0 Å². The van der Waals surface area contributed by atoms with Crippen LogP contribution in [0, 0.1) is 12.8 Å². The Balaban J connectivity index is 2.05. The second-order valence-electron chi connectivity index (χ2n) is 5.26. The highest BCUT2D eigenvalue weighted by molar-refractivity contribution is 7.88. The van der Waals surface area contributed by atoms with E-state index in [0.29, 0.717) is 25.9 Å². The van der Waals surface area contributed by atoms with Crippen molar-refractivity contribution in [3.8, 4) is 0 Å². The van der Waals surface area contributed by atoms with E-state index in [-0.39, 0.29) is 17.6 Å². The van der Waals surface area contributed by atoms with Gasteiger partial charge in [-0.3, -0.25) is 4.79 Å². The average Bonchev–Trinajstić information content (AvgIpc) is 2.41. The zero-order valence-corrected chi connectivity index (χ0v) is 12.4. The topological polar surface area (TPSA) is 80.5 Å². The molecule has 2 rings (SSSR count). The summed E-state index contributed by atoms with van der Waals surface area (Å²) in [4.78, 5) is 11.1. The summed E-state index contributed by atoms with van der Waals surface area (Å²) in [5.74, 6) is -0.512. The second kappa shape index (κ2) is 5.93. The highest BCUT2D eigenvalue weighted by Crippen LogP contribution is 2.22. The minimum atomic E-state index is -3.33. The molecule has 0 bridgehead atoms. The van der Waals surface area contributed by atoms with E-state index in [1.54, 1.807) is 0 Å². The number of aryl methyl sites for hydroxylation is 1. The molecular weight excluding hydrogens is 276 g/mol. The SMILES string of the molecule is Cc1ccccc1CS(=O)(=O)N1CCC(C(N)=O)CC1. The Morgan fingerprint density at radius 3 is 2.45 bits per heavy atom. The van der Waals surface area contributed by atoms with E-state index >= 15 is 0 Å². The van der Waals surface area contributed by atoms with Gasteiger partial charge in [-0.15, -0.1) is 0 Å². The summed E-state index contributed by atoms with van der Waals surface area (Å²) in [5.41, 5.74) is 7.06. The molecule has 1 heterocycles. The van der Waals surface area contributed by atoms with E-state index in [1.165, 1.54) is 4.31 Å². The third kappa shape index (κ3) is 3.37. The molecule has 1 aliphatic heterocycles. The lowest BCUT2D eigenvalue weighted by atomic mass is 9.98. The zero-order valence-electron chi connectivity index (χ0n) is 11.6. The van der Waals surface area contributed by atoms with Gasteiger partial charge in [0, 0.05) is 19.0 Å². The molecule has 20 heavy (non-hydrogen) atoms. The lowest BCUT2D eigenvalue weighted by molar-refractivity contribution is -0.122. The third-order valence-corrected chi connectivity index (χ3v) is 5.68. The first-order valence-electron chi connectivity index (χ1n) is 6.72. The maximum absolute atomic E-state index is 12.4. The van der Waals surface area contributed by atoms with Crippen molar-refractivity contribution in [1.29, 1.82) is 0 Å². The molecule has 110 valence electrons. The first kappa shape index (κ1) is 15.0. The van der Waals surface area contributed by atoms with Crippen LogP contribution in [0.5, 0.6) is 0 Å². The molecule has 1 aromatic carbocycles. The van der Waals surface area contributed by atoms with Crippen LogP contribution in [-0.2, 0) is 20.6 Å². The monoisotopic (exact) mass is 296 g/mol. The van der Waals surface area contributed by atoms with Gasteiger partial charge in [-0.1, -0.05) is 24.3 Å². The Hall–Kier alpha value is -1.40. The van der Waals surface area contributed by atoms with Crippen LogP contribution in [0.3, 0.4) is 0 Å². The molecule has 0 atom stereocenters. The Kier molecular flexibility index (Phi) is 4.45. The van der Waals surface area contributed by atoms with Crippen LogP contribution in [0.1, 0.15) is 24.0 Å². The van der Waals surface area contributed by atoms with E-state index < -0.39 is 10.0 Å². The van der Waals surface area contributed by atoms with Gasteiger partial charge in [-0.25, -0.2) is 12.7 Å². The number of rotatable bonds is 4. The number of sulfonamides is 1. The van der Waals surface area contributed by atoms with Crippen LogP contribution in [0.2, 0.25) is 0 Å². The number of nitrogens with zero attached hydrogens (tertiary/aromatic N) is 1. The van der Waals surface area contributed by atoms with Crippen molar-refractivity contribution in [2.75, 3.05) is 13.1 Å². The molecule has 1 aromatic rings. The largest absolute Gasteiger partial charge is 0.369 e. The van der Waals surface area contributed by atoms with Gasteiger partial charge in [0.15, 0.2) is 0 Å². The minimum absolute atomic E-state index is 0.0148. The fraction of sp³-hybridized carbons (Fsp3) is 0.500.